The summed E-state index contributed by atoms with van der Waals surface area (Å²) in [6.45, 7) is 15.2. The molecule has 0 radical (unpaired) electrons. The van der Waals surface area contributed by atoms with Crippen LogP contribution in [0.2, 0.25) is 0 Å². The summed E-state index contributed by atoms with van der Waals surface area (Å²) in [5.74, 6) is 1.14. The van der Waals surface area contributed by atoms with Gasteiger partial charge < -0.3 is 5.32 Å². The zero-order valence-corrected chi connectivity index (χ0v) is 18.5. The Morgan fingerprint density at radius 3 is 2.54 bits per heavy atom. The van der Waals surface area contributed by atoms with Crippen LogP contribution in [0.1, 0.15) is 53.0 Å². The van der Waals surface area contributed by atoms with Gasteiger partial charge in [-0.1, -0.05) is 76.2 Å². The number of hydrogen-bond acceptors (Lipinski definition) is 4. The van der Waals surface area contributed by atoms with E-state index in [1.54, 1.807) is 0 Å². The van der Waals surface area contributed by atoms with Crippen LogP contribution < -0.4 is 5.32 Å². The molecule has 1 aromatic carbocycles. The molecule has 1 amide bonds. The SMILES string of the molecule is C=CCn1c(SCC(=O)N[C@H](C)CCC)nnc1-c1ccc(C(C)(C)C)cc1. The predicted octanol–water partition coefficient (Wildman–Crippen LogP) is 4.83. The first-order valence-corrected chi connectivity index (χ1v) is 10.8. The summed E-state index contributed by atoms with van der Waals surface area (Å²) in [5, 5.41) is 12.4. The van der Waals surface area contributed by atoms with E-state index in [2.05, 4.69) is 74.1 Å². The lowest BCUT2D eigenvalue weighted by molar-refractivity contribution is -0.119. The molecule has 0 fully saturated rings. The zero-order valence-electron chi connectivity index (χ0n) is 17.7. The topological polar surface area (TPSA) is 59.8 Å². The van der Waals surface area contributed by atoms with E-state index in [0.29, 0.717) is 12.3 Å². The molecular formula is C22H32N4OS. The molecule has 1 atom stereocenters. The fourth-order valence-electron chi connectivity index (χ4n) is 2.97. The molecule has 2 aromatic rings. The average molecular weight is 401 g/mol. The summed E-state index contributed by atoms with van der Waals surface area (Å²) in [6, 6.07) is 8.63. The third-order valence-corrected chi connectivity index (χ3v) is 5.47. The Hall–Kier alpha value is -2.08. The van der Waals surface area contributed by atoms with Crippen LogP contribution >= 0.6 is 11.8 Å². The van der Waals surface area contributed by atoms with Crippen LogP contribution in [0.3, 0.4) is 0 Å². The second-order valence-electron chi connectivity index (χ2n) is 8.08. The van der Waals surface area contributed by atoms with Gasteiger partial charge >= 0.3 is 0 Å². The highest BCUT2D eigenvalue weighted by Crippen LogP contribution is 2.27. The number of benzene rings is 1. The summed E-state index contributed by atoms with van der Waals surface area (Å²) in [4.78, 5) is 12.2. The van der Waals surface area contributed by atoms with Crippen LogP contribution in [-0.4, -0.2) is 32.5 Å². The van der Waals surface area contributed by atoms with Crippen molar-refractivity contribution >= 4 is 17.7 Å². The van der Waals surface area contributed by atoms with Gasteiger partial charge in [-0.25, -0.2) is 0 Å². The summed E-state index contributed by atoms with van der Waals surface area (Å²) >= 11 is 1.41. The van der Waals surface area contributed by atoms with Crippen LogP contribution in [0.25, 0.3) is 11.4 Å². The third kappa shape index (κ3) is 5.96. The quantitative estimate of drug-likeness (QED) is 0.484. The van der Waals surface area contributed by atoms with Gasteiger partial charge in [0.15, 0.2) is 11.0 Å². The molecule has 6 heteroatoms. The summed E-state index contributed by atoms with van der Waals surface area (Å²) in [6.07, 6.45) is 3.86. The molecule has 1 aromatic heterocycles. The Kier molecular flexibility index (Phi) is 7.87. The maximum absolute atomic E-state index is 12.2. The first-order chi connectivity index (χ1) is 13.3. The van der Waals surface area contributed by atoms with Crippen LogP contribution in [0, 0.1) is 0 Å². The lowest BCUT2D eigenvalue weighted by Crippen LogP contribution is -2.33. The number of carbonyl (C=O) groups is 1. The zero-order chi connectivity index (χ0) is 20.7. The molecule has 0 unspecified atom stereocenters. The predicted molar refractivity (Wildman–Crippen MR) is 118 cm³/mol. The lowest BCUT2D eigenvalue weighted by Gasteiger charge is -2.19. The largest absolute Gasteiger partial charge is 0.353 e. The van der Waals surface area contributed by atoms with Crippen molar-refractivity contribution in [1.29, 1.82) is 0 Å². The van der Waals surface area contributed by atoms with E-state index in [0.717, 1.165) is 29.4 Å². The number of aromatic nitrogens is 3. The first kappa shape index (κ1) is 22.2. The fraction of sp³-hybridized carbons (Fsp3) is 0.500. The van der Waals surface area contributed by atoms with Gasteiger partial charge in [-0.2, -0.15) is 0 Å². The van der Waals surface area contributed by atoms with Crippen molar-refractivity contribution in [3.05, 3.63) is 42.5 Å². The third-order valence-electron chi connectivity index (χ3n) is 4.50. The molecule has 152 valence electrons. The van der Waals surface area contributed by atoms with Gasteiger partial charge in [0.2, 0.25) is 5.91 Å². The number of thioether (sulfide) groups is 1. The highest BCUT2D eigenvalue weighted by atomic mass is 32.2. The Labute approximate surface area is 173 Å². The summed E-state index contributed by atoms with van der Waals surface area (Å²) in [5.41, 5.74) is 2.39. The highest BCUT2D eigenvalue weighted by molar-refractivity contribution is 7.99. The monoisotopic (exact) mass is 400 g/mol. The number of nitrogens with one attached hydrogen (secondary N) is 1. The molecule has 28 heavy (non-hydrogen) atoms. The van der Waals surface area contributed by atoms with Gasteiger partial charge in [-0.3, -0.25) is 9.36 Å². The molecule has 1 heterocycles. The van der Waals surface area contributed by atoms with Gasteiger partial charge in [0.1, 0.15) is 0 Å². The Morgan fingerprint density at radius 2 is 1.96 bits per heavy atom. The van der Waals surface area contributed by atoms with Crippen LogP contribution in [0.4, 0.5) is 0 Å². The fourth-order valence-corrected chi connectivity index (χ4v) is 3.73. The minimum absolute atomic E-state index is 0.0233. The molecule has 5 nitrogen and oxygen atoms in total. The molecule has 0 aliphatic rings. The van der Waals surface area contributed by atoms with Gasteiger partial charge in [-0.05, 0) is 24.3 Å². The highest BCUT2D eigenvalue weighted by Gasteiger charge is 2.17. The van der Waals surface area contributed by atoms with Crippen LogP contribution in [0.15, 0.2) is 42.1 Å². The molecule has 0 aliphatic carbocycles. The molecule has 0 aliphatic heterocycles. The average Bonchev–Trinajstić information content (AvgIpc) is 3.02. The van der Waals surface area contributed by atoms with Gasteiger partial charge in [0.05, 0.1) is 5.75 Å². The number of carbonyl (C=O) groups excluding carboxylic acids is 1. The van der Waals surface area contributed by atoms with Crippen LogP contribution in [-0.2, 0) is 16.8 Å². The van der Waals surface area contributed by atoms with E-state index in [-0.39, 0.29) is 17.4 Å². The van der Waals surface area contributed by atoms with Crippen molar-refractivity contribution in [1.82, 2.24) is 20.1 Å². The molecule has 0 saturated carbocycles. The Bertz CT molecular complexity index is 790. The van der Waals surface area contributed by atoms with E-state index in [1.165, 1.54) is 17.3 Å². The summed E-state index contributed by atoms with van der Waals surface area (Å²) in [7, 11) is 0. The standard InChI is InChI=1S/C22H32N4OS/c1-7-9-16(3)23-19(27)15-28-21-25-24-20(26(21)14-8-2)17-10-12-18(13-11-17)22(4,5)6/h8,10-13,16H,2,7,9,14-15H2,1,3-6H3,(H,23,27)/t16-/m1/s1. The maximum Gasteiger partial charge on any atom is 0.230 e. The molecule has 1 N–H and O–H groups in total. The molecular weight excluding hydrogens is 368 g/mol. The molecule has 2 rings (SSSR count). The van der Waals surface area contributed by atoms with E-state index < -0.39 is 0 Å². The van der Waals surface area contributed by atoms with E-state index in [1.807, 2.05) is 17.6 Å². The number of nitrogens with zero attached hydrogens (tertiary/aromatic N) is 3. The first-order valence-electron chi connectivity index (χ1n) is 9.83. The molecule has 0 bridgehead atoms. The molecule has 0 saturated heterocycles. The normalized spacial score (nSPS) is 12.6. The van der Waals surface area contributed by atoms with Gasteiger partial charge in [0.25, 0.3) is 0 Å². The van der Waals surface area contributed by atoms with Crippen molar-refractivity contribution < 1.29 is 4.79 Å². The minimum atomic E-state index is 0.0233. The maximum atomic E-state index is 12.2. The minimum Gasteiger partial charge on any atom is -0.353 e. The number of hydrogen-bond donors (Lipinski definition) is 1. The second-order valence-corrected chi connectivity index (χ2v) is 9.02. The van der Waals surface area contributed by atoms with E-state index >= 15 is 0 Å². The lowest BCUT2D eigenvalue weighted by atomic mass is 9.87. The van der Waals surface area contributed by atoms with E-state index in [9.17, 15) is 4.79 Å². The van der Waals surface area contributed by atoms with Gasteiger partial charge in [0, 0.05) is 18.2 Å². The van der Waals surface area contributed by atoms with Crippen molar-refractivity contribution in [2.45, 2.75) is 70.6 Å². The van der Waals surface area contributed by atoms with Crippen LogP contribution in [0.5, 0.6) is 0 Å². The van der Waals surface area contributed by atoms with Gasteiger partial charge in [-0.15, -0.1) is 16.8 Å². The molecule has 0 spiro atoms. The number of amides is 1. The van der Waals surface area contributed by atoms with Crippen molar-refractivity contribution in [3.63, 3.8) is 0 Å². The summed E-state index contributed by atoms with van der Waals surface area (Å²) < 4.78 is 2.01. The van der Waals surface area contributed by atoms with Crippen molar-refractivity contribution in [2.75, 3.05) is 5.75 Å². The van der Waals surface area contributed by atoms with Crippen molar-refractivity contribution in [3.8, 4) is 11.4 Å². The second kappa shape index (κ2) is 9.92. The smallest absolute Gasteiger partial charge is 0.230 e. The number of rotatable bonds is 9. The van der Waals surface area contributed by atoms with Crippen molar-refractivity contribution in [2.24, 2.45) is 0 Å². The number of allylic oxidation sites excluding steroid dienone is 1. The Balaban J connectivity index is 2.15. The Morgan fingerprint density at radius 1 is 1.29 bits per heavy atom. The van der Waals surface area contributed by atoms with E-state index in [4.69, 9.17) is 0 Å².